The van der Waals surface area contributed by atoms with E-state index >= 15 is 0 Å². The van der Waals surface area contributed by atoms with Gasteiger partial charge in [-0.15, -0.1) is 11.3 Å². The Morgan fingerprint density at radius 3 is 2.48 bits per heavy atom. The molecule has 0 bridgehead atoms. The first-order valence-corrected chi connectivity index (χ1v) is 11.4. The van der Waals surface area contributed by atoms with E-state index in [0.29, 0.717) is 12.2 Å². The second-order valence-electron chi connectivity index (χ2n) is 7.60. The van der Waals surface area contributed by atoms with Crippen LogP contribution >= 0.6 is 11.3 Å². The number of aromatic nitrogens is 1. The summed E-state index contributed by atoms with van der Waals surface area (Å²) in [5.41, 5.74) is 2.93. The topological polar surface area (TPSA) is 45.7 Å². The molecule has 2 heterocycles. The normalized spacial score (nSPS) is 14.8. The number of hydrogen-bond acceptors (Lipinski definition) is 5. The molecular formula is C25H27N3O2S. The number of nitrogens with zero attached hydrogens (tertiary/aromatic N) is 3. The predicted molar refractivity (Wildman–Crippen MR) is 125 cm³/mol. The van der Waals surface area contributed by atoms with E-state index in [-0.39, 0.29) is 5.91 Å². The average molecular weight is 434 g/mol. The Morgan fingerprint density at radius 1 is 1.06 bits per heavy atom. The van der Waals surface area contributed by atoms with E-state index in [4.69, 9.17) is 4.74 Å². The van der Waals surface area contributed by atoms with E-state index < -0.39 is 0 Å². The first-order chi connectivity index (χ1) is 15.2. The van der Waals surface area contributed by atoms with Crippen LogP contribution < -0.4 is 4.74 Å². The van der Waals surface area contributed by atoms with Gasteiger partial charge in [0.25, 0.3) is 5.91 Å². The maximum Gasteiger partial charge on any atom is 0.253 e. The van der Waals surface area contributed by atoms with Gasteiger partial charge < -0.3 is 9.64 Å². The molecule has 1 aliphatic heterocycles. The smallest absolute Gasteiger partial charge is 0.253 e. The van der Waals surface area contributed by atoms with Gasteiger partial charge in [0.2, 0.25) is 0 Å². The number of thiazole rings is 1. The summed E-state index contributed by atoms with van der Waals surface area (Å²) in [6.45, 7) is 6.60. The summed E-state index contributed by atoms with van der Waals surface area (Å²) in [7, 11) is 0. The Balaban J connectivity index is 1.23. The summed E-state index contributed by atoms with van der Waals surface area (Å²) in [5.74, 6) is 0.834. The molecule has 160 valence electrons. The van der Waals surface area contributed by atoms with Crippen LogP contribution in [0.1, 0.15) is 26.6 Å². The zero-order valence-corrected chi connectivity index (χ0v) is 18.6. The van der Waals surface area contributed by atoms with Crippen LogP contribution in [0.5, 0.6) is 5.75 Å². The zero-order chi connectivity index (χ0) is 21.5. The second-order valence-corrected chi connectivity index (χ2v) is 8.54. The number of ether oxygens (including phenoxy) is 1. The van der Waals surface area contributed by atoms with E-state index in [1.807, 2.05) is 59.7 Å². The lowest BCUT2D eigenvalue weighted by molar-refractivity contribution is 0.0650. The highest BCUT2D eigenvalue weighted by Gasteiger charge is 2.21. The van der Waals surface area contributed by atoms with E-state index in [9.17, 15) is 4.79 Å². The van der Waals surface area contributed by atoms with Crippen LogP contribution in [0.15, 0.2) is 66.1 Å². The summed E-state index contributed by atoms with van der Waals surface area (Å²) in [6.07, 6.45) is 4.34. The molecule has 0 spiro atoms. The number of benzene rings is 2. The average Bonchev–Trinajstić information content (AvgIpc) is 3.24. The minimum atomic E-state index is 0.0848. The molecule has 1 amide bonds. The van der Waals surface area contributed by atoms with Crippen LogP contribution in [0.4, 0.5) is 0 Å². The Kier molecular flexibility index (Phi) is 7.12. The third-order valence-corrected chi connectivity index (χ3v) is 6.20. The largest absolute Gasteiger partial charge is 0.486 e. The number of aryl methyl sites for hydroxylation is 1. The van der Waals surface area contributed by atoms with Crippen LogP contribution in [0.2, 0.25) is 0 Å². The van der Waals surface area contributed by atoms with Gasteiger partial charge >= 0.3 is 0 Å². The predicted octanol–water partition coefficient (Wildman–Crippen LogP) is 4.50. The van der Waals surface area contributed by atoms with Gasteiger partial charge in [0, 0.05) is 49.4 Å². The van der Waals surface area contributed by atoms with Crippen molar-refractivity contribution in [3.05, 3.63) is 87.9 Å². The van der Waals surface area contributed by atoms with Crippen LogP contribution in [0, 0.1) is 6.92 Å². The molecule has 0 aliphatic carbocycles. The maximum absolute atomic E-state index is 12.8. The lowest BCUT2D eigenvalue weighted by Crippen LogP contribution is -2.48. The van der Waals surface area contributed by atoms with Crippen molar-refractivity contribution in [3.8, 4) is 5.75 Å². The molecule has 0 unspecified atom stereocenters. The standard InChI is InChI=1S/C25H27N3O2S/c1-20-19-31-24(26-20)18-30-23-11-9-22(10-12-23)25(29)28-16-14-27(15-17-28)13-5-8-21-6-3-2-4-7-21/h2-12,19H,13-18H2,1H3/b8-5+. The van der Waals surface area contributed by atoms with E-state index in [0.717, 1.165) is 49.2 Å². The van der Waals surface area contributed by atoms with Crippen molar-refractivity contribution < 1.29 is 9.53 Å². The van der Waals surface area contributed by atoms with Gasteiger partial charge in [-0.25, -0.2) is 4.98 Å². The van der Waals surface area contributed by atoms with E-state index in [1.165, 1.54) is 5.56 Å². The van der Waals surface area contributed by atoms with Gasteiger partial charge in [0.05, 0.1) is 0 Å². The fourth-order valence-electron chi connectivity index (χ4n) is 3.53. The minimum absolute atomic E-state index is 0.0848. The third kappa shape index (κ3) is 6.03. The van der Waals surface area contributed by atoms with Crippen LogP contribution in [0.3, 0.4) is 0 Å². The number of piperazine rings is 1. The van der Waals surface area contributed by atoms with Crippen molar-refractivity contribution in [3.63, 3.8) is 0 Å². The third-order valence-electron chi connectivity index (χ3n) is 5.26. The molecule has 6 heteroatoms. The number of hydrogen-bond donors (Lipinski definition) is 0. The van der Waals surface area contributed by atoms with E-state index in [1.54, 1.807) is 11.3 Å². The van der Waals surface area contributed by atoms with Gasteiger partial charge in [-0.3, -0.25) is 9.69 Å². The fraction of sp³-hybridized carbons (Fsp3) is 0.280. The zero-order valence-electron chi connectivity index (χ0n) is 17.7. The van der Waals surface area contributed by atoms with Gasteiger partial charge in [0.1, 0.15) is 17.4 Å². The molecule has 1 saturated heterocycles. The van der Waals surface area contributed by atoms with Crippen molar-refractivity contribution in [2.75, 3.05) is 32.7 Å². The molecule has 1 aromatic heterocycles. The molecule has 0 radical (unpaired) electrons. The van der Waals surface area contributed by atoms with Crippen molar-refractivity contribution in [2.45, 2.75) is 13.5 Å². The SMILES string of the molecule is Cc1csc(COc2ccc(C(=O)N3CCN(C/C=C/c4ccccc4)CC3)cc2)n1. The molecule has 2 aromatic carbocycles. The number of carbonyl (C=O) groups excluding carboxylic acids is 1. The summed E-state index contributed by atoms with van der Waals surface area (Å²) in [5, 5.41) is 2.97. The summed E-state index contributed by atoms with van der Waals surface area (Å²) >= 11 is 1.59. The van der Waals surface area contributed by atoms with Gasteiger partial charge in [-0.05, 0) is 36.8 Å². The van der Waals surface area contributed by atoms with Gasteiger partial charge in [-0.2, -0.15) is 0 Å². The van der Waals surface area contributed by atoms with Crippen LogP contribution in [-0.4, -0.2) is 53.4 Å². The summed E-state index contributed by atoms with van der Waals surface area (Å²) in [6, 6.07) is 17.7. The first-order valence-electron chi connectivity index (χ1n) is 10.5. The minimum Gasteiger partial charge on any atom is -0.486 e. The van der Waals surface area contributed by atoms with Gasteiger partial charge in [-0.1, -0.05) is 42.5 Å². The lowest BCUT2D eigenvalue weighted by Gasteiger charge is -2.34. The van der Waals surface area contributed by atoms with Gasteiger partial charge in [0.15, 0.2) is 0 Å². The molecule has 0 saturated carbocycles. The van der Waals surface area contributed by atoms with Crippen molar-refractivity contribution in [2.24, 2.45) is 0 Å². The Labute approximate surface area is 187 Å². The molecule has 1 aliphatic rings. The molecule has 5 nitrogen and oxygen atoms in total. The highest BCUT2D eigenvalue weighted by atomic mass is 32.1. The molecule has 0 N–H and O–H groups in total. The van der Waals surface area contributed by atoms with Crippen molar-refractivity contribution >= 4 is 23.3 Å². The summed E-state index contributed by atoms with van der Waals surface area (Å²) < 4.78 is 5.78. The maximum atomic E-state index is 12.8. The highest BCUT2D eigenvalue weighted by molar-refractivity contribution is 7.09. The van der Waals surface area contributed by atoms with E-state index in [2.05, 4.69) is 34.2 Å². The number of carbonyl (C=O) groups is 1. The molecule has 3 aromatic rings. The first kappa shape index (κ1) is 21.3. The quantitative estimate of drug-likeness (QED) is 0.550. The number of rotatable bonds is 7. The lowest BCUT2D eigenvalue weighted by atomic mass is 10.1. The monoisotopic (exact) mass is 433 g/mol. The fourth-order valence-corrected chi connectivity index (χ4v) is 4.21. The summed E-state index contributed by atoms with van der Waals surface area (Å²) in [4.78, 5) is 21.6. The molecule has 4 rings (SSSR count). The molecule has 1 fully saturated rings. The van der Waals surface area contributed by atoms with Crippen LogP contribution in [0.25, 0.3) is 6.08 Å². The van der Waals surface area contributed by atoms with Crippen LogP contribution in [-0.2, 0) is 6.61 Å². The highest BCUT2D eigenvalue weighted by Crippen LogP contribution is 2.17. The molecule has 0 atom stereocenters. The Hall–Kier alpha value is -2.96. The Morgan fingerprint density at radius 2 is 1.81 bits per heavy atom. The van der Waals surface area contributed by atoms with Crippen molar-refractivity contribution in [1.82, 2.24) is 14.8 Å². The molecular weight excluding hydrogens is 406 g/mol. The second kappa shape index (κ2) is 10.4. The van der Waals surface area contributed by atoms with Crippen molar-refractivity contribution in [1.29, 1.82) is 0 Å². The number of amides is 1. The Bertz CT molecular complexity index is 1010. The molecule has 31 heavy (non-hydrogen) atoms.